The van der Waals surface area contributed by atoms with Gasteiger partial charge in [0.1, 0.15) is 5.82 Å². The lowest BCUT2D eigenvalue weighted by molar-refractivity contribution is 0.0995. The van der Waals surface area contributed by atoms with Crippen molar-refractivity contribution in [2.24, 2.45) is 7.05 Å². The average Bonchev–Trinajstić information content (AvgIpc) is 2.92. The predicted octanol–water partition coefficient (Wildman–Crippen LogP) is 1.54. The number of ether oxygens (including phenoxy) is 1. The number of aromatic nitrogens is 2. The Balaban J connectivity index is 2.09. The lowest BCUT2D eigenvalue weighted by atomic mass is 10.1. The third-order valence-corrected chi connectivity index (χ3v) is 3.38. The van der Waals surface area contributed by atoms with E-state index in [1.807, 2.05) is 11.7 Å². The molecule has 5 nitrogen and oxygen atoms in total. The molecule has 2 rings (SSSR count). The zero-order valence-corrected chi connectivity index (χ0v) is 10.9. The third-order valence-electron chi connectivity index (χ3n) is 3.38. The Kier molecular flexibility index (Phi) is 3.57. The summed E-state index contributed by atoms with van der Waals surface area (Å²) in [5.41, 5.74) is 7.79. The lowest BCUT2D eigenvalue weighted by Crippen LogP contribution is -2.31. The second kappa shape index (κ2) is 4.96. The van der Waals surface area contributed by atoms with Crippen molar-refractivity contribution in [2.45, 2.75) is 45.3 Å². The summed E-state index contributed by atoms with van der Waals surface area (Å²) in [4.78, 5) is 0. The highest BCUT2D eigenvalue weighted by molar-refractivity contribution is 5.65. The maximum absolute atomic E-state index is 6.07. The highest BCUT2D eigenvalue weighted by atomic mass is 16.5. The van der Waals surface area contributed by atoms with Gasteiger partial charge in [0.05, 0.1) is 23.5 Å². The standard InChI is InChI=1S/C12H22N4O/c1-4-9-11(13)12(16(3)15-9)14-8(2)10-6-5-7-17-10/h8,10,14H,4-7,13H2,1-3H3. The molecule has 0 saturated carbocycles. The molecule has 1 saturated heterocycles. The Morgan fingerprint density at radius 1 is 1.65 bits per heavy atom. The third kappa shape index (κ3) is 2.39. The van der Waals surface area contributed by atoms with Crippen molar-refractivity contribution in [1.82, 2.24) is 9.78 Å². The molecule has 0 radical (unpaired) electrons. The van der Waals surface area contributed by atoms with E-state index in [1.54, 1.807) is 0 Å². The van der Waals surface area contributed by atoms with Crippen LogP contribution in [0.15, 0.2) is 0 Å². The number of aryl methyl sites for hydroxylation is 2. The van der Waals surface area contributed by atoms with Crippen LogP contribution in [-0.4, -0.2) is 28.5 Å². The van der Waals surface area contributed by atoms with E-state index in [9.17, 15) is 0 Å². The number of anilines is 2. The Bertz CT molecular complexity index is 382. The molecule has 17 heavy (non-hydrogen) atoms. The van der Waals surface area contributed by atoms with Gasteiger partial charge >= 0.3 is 0 Å². The van der Waals surface area contributed by atoms with E-state index >= 15 is 0 Å². The van der Waals surface area contributed by atoms with Gasteiger partial charge in [-0.2, -0.15) is 5.10 Å². The Morgan fingerprint density at radius 2 is 2.41 bits per heavy atom. The maximum Gasteiger partial charge on any atom is 0.148 e. The minimum absolute atomic E-state index is 0.264. The van der Waals surface area contributed by atoms with Gasteiger partial charge in [0.15, 0.2) is 0 Å². The van der Waals surface area contributed by atoms with Crippen molar-refractivity contribution < 1.29 is 4.74 Å². The number of nitrogens with two attached hydrogens (primary N) is 1. The lowest BCUT2D eigenvalue weighted by Gasteiger charge is -2.21. The normalized spacial score (nSPS) is 21.7. The quantitative estimate of drug-likeness (QED) is 0.835. The van der Waals surface area contributed by atoms with E-state index in [1.165, 1.54) is 0 Å². The number of nitrogens with one attached hydrogen (secondary N) is 1. The van der Waals surface area contributed by atoms with Crippen LogP contribution in [0, 0.1) is 0 Å². The van der Waals surface area contributed by atoms with E-state index in [0.717, 1.165) is 43.1 Å². The molecular formula is C12H22N4O. The topological polar surface area (TPSA) is 65.1 Å². The molecular weight excluding hydrogens is 216 g/mol. The van der Waals surface area contributed by atoms with Crippen molar-refractivity contribution in [1.29, 1.82) is 0 Å². The monoisotopic (exact) mass is 238 g/mol. The van der Waals surface area contributed by atoms with Crippen LogP contribution in [0.3, 0.4) is 0 Å². The molecule has 1 aliphatic heterocycles. The molecule has 96 valence electrons. The van der Waals surface area contributed by atoms with Gasteiger partial charge in [0.2, 0.25) is 0 Å². The summed E-state index contributed by atoms with van der Waals surface area (Å²) in [7, 11) is 1.92. The summed E-state index contributed by atoms with van der Waals surface area (Å²) in [6.45, 7) is 5.07. The number of nitrogen functional groups attached to an aromatic ring is 1. The SMILES string of the molecule is CCc1nn(C)c(NC(C)C2CCCO2)c1N. The van der Waals surface area contributed by atoms with Crippen LogP contribution in [0.5, 0.6) is 0 Å². The Hall–Kier alpha value is -1.23. The number of hydrogen-bond acceptors (Lipinski definition) is 4. The first kappa shape index (κ1) is 12.2. The van der Waals surface area contributed by atoms with Crippen LogP contribution in [0.25, 0.3) is 0 Å². The van der Waals surface area contributed by atoms with Crippen molar-refractivity contribution in [3.05, 3.63) is 5.69 Å². The molecule has 5 heteroatoms. The van der Waals surface area contributed by atoms with E-state index in [2.05, 4.69) is 24.3 Å². The summed E-state index contributed by atoms with van der Waals surface area (Å²) in [6.07, 6.45) is 3.41. The molecule has 0 amide bonds. The number of nitrogens with zero attached hydrogens (tertiary/aromatic N) is 2. The summed E-state index contributed by atoms with van der Waals surface area (Å²) in [5, 5.41) is 7.82. The van der Waals surface area contributed by atoms with Crippen molar-refractivity contribution in [3.8, 4) is 0 Å². The van der Waals surface area contributed by atoms with Gasteiger partial charge in [-0.15, -0.1) is 0 Å². The van der Waals surface area contributed by atoms with Crippen LogP contribution in [-0.2, 0) is 18.2 Å². The van der Waals surface area contributed by atoms with Crippen LogP contribution in [0.1, 0.15) is 32.4 Å². The molecule has 2 atom stereocenters. The smallest absolute Gasteiger partial charge is 0.148 e. The molecule has 1 aromatic heterocycles. The maximum atomic E-state index is 6.07. The van der Waals surface area contributed by atoms with Gasteiger partial charge in [-0.25, -0.2) is 0 Å². The minimum Gasteiger partial charge on any atom is -0.394 e. The van der Waals surface area contributed by atoms with Gasteiger partial charge in [-0.1, -0.05) is 6.92 Å². The molecule has 0 spiro atoms. The van der Waals surface area contributed by atoms with Gasteiger partial charge in [0, 0.05) is 13.7 Å². The fourth-order valence-electron chi connectivity index (χ4n) is 2.33. The molecule has 1 aromatic rings. The van der Waals surface area contributed by atoms with Crippen molar-refractivity contribution in [3.63, 3.8) is 0 Å². The zero-order chi connectivity index (χ0) is 12.4. The van der Waals surface area contributed by atoms with Crippen molar-refractivity contribution in [2.75, 3.05) is 17.7 Å². The fraction of sp³-hybridized carbons (Fsp3) is 0.750. The largest absolute Gasteiger partial charge is 0.394 e. The van der Waals surface area contributed by atoms with E-state index < -0.39 is 0 Å². The first-order chi connectivity index (χ1) is 8.13. The Morgan fingerprint density at radius 3 is 2.94 bits per heavy atom. The first-order valence-corrected chi connectivity index (χ1v) is 6.33. The second-order valence-electron chi connectivity index (χ2n) is 4.67. The minimum atomic E-state index is 0.264. The van der Waals surface area contributed by atoms with Gasteiger partial charge in [0.25, 0.3) is 0 Å². The molecule has 1 aliphatic rings. The highest BCUT2D eigenvalue weighted by Gasteiger charge is 2.24. The van der Waals surface area contributed by atoms with E-state index in [0.29, 0.717) is 0 Å². The predicted molar refractivity (Wildman–Crippen MR) is 69.1 cm³/mol. The van der Waals surface area contributed by atoms with Gasteiger partial charge in [-0.05, 0) is 26.2 Å². The molecule has 2 unspecified atom stereocenters. The molecule has 2 heterocycles. The van der Waals surface area contributed by atoms with Crippen LogP contribution in [0.2, 0.25) is 0 Å². The number of rotatable bonds is 4. The highest BCUT2D eigenvalue weighted by Crippen LogP contribution is 2.25. The molecule has 0 aromatic carbocycles. The van der Waals surface area contributed by atoms with Crippen molar-refractivity contribution >= 4 is 11.5 Å². The molecule has 3 N–H and O–H groups in total. The number of hydrogen-bond donors (Lipinski definition) is 2. The summed E-state index contributed by atoms with van der Waals surface area (Å²) in [6, 6.07) is 0.264. The molecule has 0 aliphatic carbocycles. The molecule has 1 fully saturated rings. The second-order valence-corrected chi connectivity index (χ2v) is 4.67. The van der Waals surface area contributed by atoms with E-state index in [-0.39, 0.29) is 12.1 Å². The van der Waals surface area contributed by atoms with Crippen LogP contribution < -0.4 is 11.1 Å². The van der Waals surface area contributed by atoms with Gasteiger partial charge < -0.3 is 15.8 Å². The first-order valence-electron chi connectivity index (χ1n) is 6.33. The van der Waals surface area contributed by atoms with Crippen LogP contribution >= 0.6 is 0 Å². The summed E-state index contributed by atoms with van der Waals surface area (Å²) >= 11 is 0. The fourth-order valence-corrected chi connectivity index (χ4v) is 2.33. The van der Waals surface area contributed by atoms with Crippen LogP contribution in [0.4, 0.5) is 11.5 Å². The summed E-state index contributed by atoms with van der Waals surface area (Å²) in [5.74, 6) is 0.907. The summed E-state index contributed by atoms with van der Waals surface area (Å²) < 4.78 is 7.49. The zero-order valence-electron chi connectivity index (χ0n) is 10.9. The van der Waals surface area contributed by atoms with E-state index in [4.69, 9.17) is 10.5 Å². The Labute approximate surface area is 102 Å². The average molecular weight is 238 g/mol. The van der Waals surface area contributed by atoms with Gasteiger partial charge in [-0.3, -0.25) is 4.68 Å². The molecule has 0 bridgehead atoms.